The lowest BCUT2D eigenvalue weighted by atomic mass is 10.1. The number of benzene rings is 2. The van der Waals surface area contributed by atoms with Crippen LogP contribution >= 0.6 is 15.9 Å². The molecule has 25 heavy (non-hydrogen) atoms. The maximum Gasteiger partial charge on any atom is 0.229 e. The van der Waals surface area contributed by atoms with E-state index < -0.39 is 0 Å². The van der Waals surface area contributed by atoms with Gasteiger partial charge in [0.15, 0.2) is 0 Å². The number of hydrogen-bond donors (Lipinski definition) is 1. The van der Waals surface area contributed by atoms with Crippen LogP contribution in [0.15, 0.2) is 59.2 Å². The maximum absolute atomic E-state index is 13.3. The van der Waals surface area contributed by atoms with Crippen LogP contribution in [0, 0.1) is 17.1 Å². The molecule has 124 valence electrons. The largest absolute Gasteiger partial charge is 0.310 e. The number of amides is 1. The molecule has 0 aliphatic carbocycles. The summed E-state index contributed by atoms with van der Waals surface area (Å²) in [5.74, 6) is -0.104. The Labute approximate surface area is 151 Å². The number of nitrogens with zero attached hydrogens (tertiary/aromatic N) is 3. The first-order valence-corrected chi connectivity index (χ1v) is 8.14. The van der Waals surface area contributed by atoms with Gasteiger partial charge in [-0.05, 0) is 57.9 Å². The lowest BCUT2D eigenvalue weighted by molar-refractivity contribution is -0.115. The van der Waals surface area contributed by atoms with E-state index in [0.29, 0.717) is 21.4 Å². The second-order valence-corrected chi connectivity index (χ2v) is 6.11. The lowest BCUT2D eigenvalue weighted by Crippen LogP contribution is -2.17. The third-order valence-electron chi connectivity index (χ3n) is 3.50. The Balaban J connectivity index is 1.75. The first-order chi connectivity index (χ1) is 12.1. The van der Waals surface area contributed by atoms with Crippen molar-refractivity contribution in [3.8, 4) is 11.8 Å². The predicted octanol–water partition coefficient (Wildman–Crippen LogP) is 3.83. The number of aromatic nitrogens is 2. The summed E-state index contributed by atoms with van der Waals surface area (Å²) in [6.07, 6.45) is 1.68. The van der Waals surface area contributed by atoms with Gasteiger partial charge in [-0.15, -0.1) is 0 Å². The Kier molecular flexibility index (Phi) is 4.91. The van der Waals surface area contributed by atoms with E-state index in [0.717, 1.165) is 5.69 Å². The Bertz CT molecular complexity index is 960. The van der Waals surface area contributed by atoms with Crippen LogP contribution in [0.3, 0.4) is 0 Å². The molecule has 0 fully saturated rings. The van der Waals surface area contributed by atoms with E-state index >= 15 is 0 Å². The molecule has 5 nitrogen and oxygen atoms in total. The monoisotopic (exact) mass is 398 g/mol. The van der Waals surface area contributed by atoms with Gasteiger partial charge in [0, 0.05) is 6.07 Å². The summed E-state index contributed by atoms with van der Waals surface area (Å²) in [6, 6.07) is 15.0. The Morgan fingerprint density at radius 3 is 2.68 bits per heavy atom. The molecule has 1 heterocycles. The second kappa shape index (κ2) is 7.28. The van der Waals surface area contributed by atoms with Gasteiger partial charge in [0.25, 0.3) is 0 Å². The summed E-state index contributed by atoms with van der Waals surface area (Å²) in [5, 5.41) is 15.8. The molecule has 0 bridgehead atoms. The number of hydrogen-bond acceptors (Lipinski definition) is 3. The van der Waals surface area contributed by atoms with Gasteiger partial charge in [-0.2, -0.15) is 10.4 Å². The van der Waals surface area contributed by atoms with Gasteiger partial charge < -0.3 is 5.32 Å². The van der Waals surface area contributed by atoms with Gasteiger partial charge in [0.2, 0.25) is 5.91 Å². The van der Waals surface area contributed by atoms with Gasteiger partial charge in [0.05, 0.1) is 34.4 Å². The van der Waals surface area contributed by atoms with E-state index in [4.69, 9.17) is 5.26 Å². The quantitative estimate of drug-likeness (QED) is 0.725. The molecule has 1 aromatic heterocycles. The van der Waals surface area contributed by atoms with Crippen molar-refractivity contribution in [3.63, 3.8) is 0 Å². The molecule has 0 aliphatic heterocycles. The minimum Gasteiger partial charge on any atom is -0.310 e. The summed E-state index contributed by atoms with van der Waals surface area (Å²) in [7, 11) is 0. The fraction of sp³-hybridized carbons (Fsp3) is 0.0556. The van der Waals surface area contributed by atoms with Crippen molar-refractivity contribution < 1.29 is 9.18 Å². The van der Waals surface area contributed by atoms with Gasteiger partial charge in [0.1, 0.15) is 11.6 Å². The van der Waals surface area contributed by atoms with E-state index in [2.05, 4.69) is 32.4 Å². The average molecular weight is 399 g/mol. The minimum absolute atomic E-state index is 0.109. The highest BCUT2D eigenvalue weighted by molar-refractivity contribution is 9.10. The minimum atomic E-state index is -0.372. The molecule has 0 atom stereocenters. The lowest BCUT2D eigenvalue weighted by Gasteiger charge is -2.09. The number of nitrogens with one attached hydrogen (secondary N) is 1. The molecule has 3 rings (SSSR count). The van der Waals surface area contributed by atoms with Crippen molar-refractivity contribution >= 4 is 27.7 Å². The number of carbonyl (C=O) groups is 1. The van der Waals surface area contributed by atoms with Gasteiger partial charge >= 0.3 is 0 Å². The Morgan fingerprint density at radius 2 is 2.00 bits per heavy atom. The number of anilines is 1. The van der Waals surface area contributed by atoms with E-state index in [9.17, 15) is 9.18 Å². The van der Waals surface area contributed by atoms with Crippen molar-refractivity contribution in [2.75, 3.05) is 5.32 Å². The van der Waals surface area contributed by atoms with Crippen molar-refractivity contribution in [1.82, 2.24) is 9.78 Å². The summed E-state index contributed by atoms with van der Waals surface area (Å²) in [4.78, 5) is 12.3. The van der Waals surface area contributed by atoms with Crippen molar-refractivity contribution in [1.29, 1.82) is 5.26 Å². The molecule has 7 heteroatoms. The van der Waals surface area contributed by atoms with E-state index in [1.165, 1.54) is 6.07 Å². The first kappa shape index (κ1) is 16.9. The molecule has 3 aromatic rings. The normalized spacial score (nSPS) is 10.3. The topological polar surface area (TPSA) is 70.7 Å². The zero-order chi connectivity index (χ0) is 17.8. The summed E-state index contributed by atoms with van der Waals surface area (Å²) >= 11 is 3.11. The highest BCUT2D eigenvalue weighted by Gasteiger charge is 2.11. The average Bonchev–Trinajstić information content (AvgIpc) is 3.06. The van der Waals surface area contributed by atoms with Crippen LogP contribution in [-0.2, 0) is 11.2 Å². The number of carbonyl (C=O) groups excluding carboxylic acids is 1. The van der Waals surface area contributed by atoms with Crippen molar-refractivity contribution in [2.24, 2.45) is 0 Å². The van der Waals surface area contributed by atoms with Crippen LogP contribution in [0.2, 0.25) is 0 Å². The molecule has 2 aromatic carbocycles. The smallest absolute Gasteiger partial charge is 0.229 e. The van der Waals surface area contributed by atoms with Crippen LogP contribution in [0.25, 0.3) is 5.69 Å². The number of halogens is 2. The van der Waals surface area contributed by atoms with E-state index in [1.54, 1.807) is 53.3 Å². The summed E-state index contributed by atoms with van der Waals surface area (Å²) < 4.78 is 15.1. The number of rotatable bonds is 4. The molecule has 1 N–H and O–H groups in total. The summed E-state index contributed by atoms with van der Waals surface area (Å²) in [6.45, 7) is 0. The van der Waals surface area contributed by atoms with Crippen LogP contribution in [0.1, 0.15) is 11.1 Å². The first-order valence-electron chi connectivity index (χ1n) is 7.35. The van der Waals surface area contributed by atoms with Gasteiger partial charge in [-0.1, -0.05) is 6.07 Å². The zero-order valence-electron chi connectivity index (χ0n) is 12.9. The molecular weight excluding hydrogens is 387 g/mol. The van der Waals surface area contributed by atoms with Crippen LogP contribution in [-0.4, -0.2) is 15.7 Å². The second-order valence-electron chi connectivity index (χ2n) is 5.26. The molecule has 1 amide bonds. The SMILES string of the molecule is N#Cc1ccc(-n2nccc2NC(=O)Cc2ccc(F)c(Br)c2)cc1. The third kappa shape index (κ3) is 3.92. The maximum atomic E-state index is 13.3. The molecule has 0 saturated heterocycles. The van der Waals surface area contributed by atoms with Gasteiger partial charge in [-0.25, -0.2) is 9.07 Å². The number of nitriles is 1. The van der Waals surface area contributed by atoms with Gasteiger partial charge in [-0.3, -0.25) is 4.79 Å². The molecule has 0 saturated carbocycles. The van der Waals surface area contributed by atoms with Crippen LogP contribution < -0.4 is 5.32 Å². The Morgan fingerprint density at radius 1 is 1.24 bits per heavy atom. The Hall–Kier alpha value is -2.98. The fourth-order valence-electron chi connectivity index (χ4n) is 2.30. The van der Waals surface area contributed by atoms with E-state index in [1.807, 2.05) is 0 Å². The van der Waals surface area contributed by atoms with Crippen LogP contribution in [0.4, 0.5) is 10.2 Å². The summed E-state index contributed by atoms with van der Waals surface area (Å²) in [5.41, 5.74) is 1.96. The molecule has 0 aliphatic rings. The van der Waals surface area contributed by atoms with Crippen molar-refractivity contribution in [3.05, 3.63) is 76.1 Å². The fourth-order valence-corrected chi connectivity index (χ4v) is 2.73. The molecule has 0 unspecified atom stereocenters. The van der Waals surface area contributed by atoms with E-state index in [-0.39, 0.29) is 18.1 Å². The third-order valence-corrected chi connectivity index (χ3v) is 4.11. The van der Waals surface area contributed by atoms with Crippen LogP contribution in [0.5, 0.6) is 0 Å². The highest BCUT2D eigenvalue weighted by Crippen LogP contribution is 2.19. The molecule has 0 radical (unpaired) electrons. The standard InChI is InChI=1S/C18H12BrFN4O/c19-15-9-13(3-6-16(15)20)10-18(25)23-17-7-8-22-24(17)14-4-1-12(11-21)2-5-14/h1-9H,10H2,(H,23,25). The predicted molar refractivity (Wildman–Crippen MR) is 94.7 cm³/mol. The zero-order valence-corrected chi connectivity index (χ0v) is 14.5. The highest BCUT2D eigenvalue weighted by atomic mass is 79.9. The molecule has 0 spiro atoms. The molecular formula is C18H12BrFN4O. The van der Waals surface area contributed by atoms with Crippen molar-refractivity contribution in [2.45, 2.75) is 6.42 Å².